The van der Waals surface area contributed by atoms with Crippen LogP contribution in [0.5, 0.6) is 11.5 Å². The molecule has 1 aromatic heterocycles. The van der Waals surface area contributed by atoms with Crippen LogP contribution in [-0.2, 0) is 6.54 Å². The van der Waals surface area contributed by atoms with Crippen LogP contribution in [0.15, 0.2) is 42.5 Å². The number of hydrogen-bond donors (Lipinski definition) is 1. The number of aryl methyl sites for hydroxylation is 1. The van der Waals surface area contributed by atoms with E-state index in [-0.39, 0.29) is 18.3 Å². The molecule has 0 bridgehead atoms. The van der Waals surface area contributed by atoms with Crippen LogP contribution in [0.25, 0.3) is 5.69 Å². The first-order chi connectivity index (χ1) is 13.0. The van der Waals surface area contributed by atoms with Crippen molar-refractivity contribution in [3.05, 3.63) is 64.7 Å². The van der Waals surface area contributed by atoms with Crippen molar-refractivity contribution in [1.29, 1.82) is 0 Å². The maximum Gasteiger partial charge on any atom is 0.291 e. The molecule has 0 aliphatic heterocycles. The third-order valence-corrected chi connectivity index (χ3v) is 4.22. The van der Waals surface area contributed by atoms with E-state index in [2.05, 4.69) is 15.4 Å². The summed E-state index contributed by atoms with van der Waals surface area (Å²) in [6.07, 6.45) is 0. The van der Waals surface area contributed by atoms with Gasteiger partial charge in [-0.15, -0.1) is 5.10 Å². The van der Waals surface area contributed by atoms with Gasteiger partial charge in [0.2, 0.25) is 5.82 Å². The number of methoxy groups -OCH3 is 2. The molecule has 1 N–H and O–H groups in total. The second-order valence-corrected chi connectivity index (χ2v) is 6.14. The van der Waals surface area contributed by atoms with Crippen LogP contribution in [0.2, 0.25) is 5.02 Å². The molecule has 0 saturated heterocycles. The molecule has 3 aromatic rings. The van der Waals surface area contributed by atoms with Crippen molar-refractivity contribution in [2.45, 2.75) is 13.5 Å². The molecule has 0 spiro atoms. The fourth-order valence-electron chi connectivity index (χ4n) is 2.66. The minimum absolute atomic E-state index is 0.0873. The Morgan fingerprint density at radius 3 is 2.56 bits per heavy atom. The summed E-state index contributed by atoms with van der Waals surface area (Å²) in [6, 6.07) is 12.6. The molecule has 0 fully saturated rings. The van der Waals surface area contributed by atoms with Crippen LogP contribution in [0.1, 0.15) is 22.0 Å². The minimum atomic E-state index is -0.379. The molecule has 140 valence electrons. The van der Waals surface area contributed by atoms with E-state index < -0.39 is 0 Å². The van der Waals surface area contributed by atoms with E-state index in [1.54, 1.807) is 44.0 Å². The molecular weight excluding hydrogens is 368 g/mol. The number of hydrogen-bond acceptors (Lipinski definition) is 5. The highest BCUT2D eigenvalue weighted by Gasteiger charge is 2.16. The highest BCUT2D eigenvalue weighted by molar-refractivity contribution is 6.30. The summed E-state index contributed by atoms with van der Waals surface area (Å²) in [4.78, 5) is 16.7. The van der Waals surface area contributed by atoms with Gasteiger partial charge in [-0.25, -0.2) is 9.67 Å². The van der Waals surface area contributed by atoms with Gasteiger partial charge in [-0.1, -0.05) is 23.7 Å². The lowest BCUT2D eigenvalue weighted by Crippen LogP contribution is -2.24. The summed E-state index contributed by atoms with van der Waals surface area (Å²) in [6.45, 7) is 2.04. The number of carbonyl (C=O) groups excluding carboxylic acids is 1. The molecular formula is C19H19ClN4O3. The van der Waals surface area contributed by atoms with E-state index in [4.69, 9.17) is 21.1 Å². The van der Waals surface area contributed by atoms with E-state index in [0.717, 1.165) is 11.3 Å². The minimum Gasteiger partial charge on any atom is -0.493 e. The number of nitrogens with one attached hydrogen (secondary N) is 1. The Morgan fingerprint density at radius 1 is 1.15 bits per heavy atom. The fourth-order valence-corrected chi connectivity index (χ4v) is 2.79. The van der Waals surface area contributed by atoms with Gasteiger partial charge in [0, 0.05) is 17.1 Å². The average Bonchev–Trinajstić information content (AvgIpc) is 3.08. The number of rotatable bonds is 6. The van der Waals surface area contributed by atoms with Gasteiger partial charge in [0.25, 0.3) is 5.91 Å². The first kappa shape index (κ1) is 18.7. The van der Waals surface area contributed by atoms with Gasteiger partial charge in [0.1, 0.15) is 5.82 Å². The lowest BCUT2D eigenvalue weighted by molar-refractivity contribution is 0.0940. The van der Waals surface area contributed by atoms with Gasteiger partial charge < -0.3 is 14.8 Å². The number of amides is 1. The van der Waals surface area contributed by atoms with Crippen molar-refractivity contribution in [2.75, 3.05) is 14.2 Å². The van der Waals surface area contributed by atoms with Crippen LogP contribution in [-0.4, -0.2) is 34.9 Å². The van der Waals surface area contributed by atoms with Crippen molar-refractivity contribution in [3.8, 4) is 17.2 Å². The fraction of sp³-hybridized carbons (Fsp3) is 0.211. The molecule has 3 rings (SSSR count). The van der Waals surface area contributed by atoms with Crippen LogP contribution < -0.4 is 14.8 Å². The summed E-state index contributed by atoms with van der Waals surface area (Å²) in [5.74, 6) is 1.49. The number of benzene rings is 2. The van der Waals surface area contributed by atoms with Crippen LogP contribution in [0.4, 0.5) is 0 Å². The normalized spacial score (nSPS) is 10.5. The maximum absolute atomic E-state index is 12.5. The second-order valence-electron chi connectivity index (χ2n) is 5.71. The summed E-state index contributed by atoms with van der Waals surface area (Å²) >= 11 is 5.91. The van der Waals surface area contributed by atoms with E-state index in [0.29, 0.717) is 22.3 Å². The predicted molar refractivity (Wildman–Crippen MR) is 102 cm³/mol. The smallest absolute Gasteiger partial charge is 0.291 e. The molecule has 0 unspecified atom stereocenters. The monoisotopic (exact) mass is 386 g/mol. The number of carbonyl (C=O) groups is 1. The lowest BCUT2D eigenvalue weighted by atomic mass is 10.2. The van der Waals surface area contributed by atoms with Crippen LogP contribution >= 0.6 is 11.6 Å². The van der Waals surface area contributed by atoms with Crippen molar-refractivity contribution in [2.24, 2.45) is 0 Å². The Morgan fingerprint density at radius 2 is 1.89 bits per heavy atom. The number of halogens is 1. The molecule has 0 aliphatic rings. The van der Waals surface area contributed by atoms with Crippen LogP contribution in [0.3, 0.4) is 0 Å². The Hall–Kier alpha value is -3.06. The molecule has 1 heterocycles. The largest absolute Gasteiger partial charge is 0.493 e. The third-order valence-electron chi connectivity index (χ3n) is 3.97. The molecule has 2 aromatic carbocycles. The number of aromatic nitrogens is 3. The molecule has 1 amide bonds. The van der Waals surface area contributed by atoms with Crippen molar-refractivity contribution in [1.82, 2.24) is 20.1 Å². The molecule has 27 heavy (non-hydrogen) atoms. The number of nitrogens with zero attached hydrogens (tertiary/aromatic N) is 3. The van der Waals surface area contributed by atoms with Crippen molar-refractivity contribution >= 4 is 17.5 Å². The highest BCUT2D eigenvalue weighted by atomic mass is 35.5. The Labute approximate surface area is 161 Å². The van der Waals surface area contributed by atoms with Gasteiger partial charge in [0.15, 0.2) is 11.5 Å². The Bertz CT molecular complexity index is 954. The number of ether oxygens (including phenoxy) is 2. The summed E-state index contributed by atoms with van der Waals surface area (Å²) in [5, 5.41) is 7.73. The molecule has 8 heteroatoms. The first-order valence-electron chi connectivity index (χ1n) is 8.21. The summed E-state index contributed by atoms with van der Waals surface area (Å²) < 4.78 is 12.2. The predicted octanol–water partition coefficient (Wildman–Crippen LogP) is 3.18. The molecule has 0 atom stereocenters. The van der Waals surface area contributed by atoms with Gasteiger partial charge >= 0.3 is 0 Å². The summed E-state index contributed by atoms with van der Waals surface area (Å²) in [7, 11) is 3.12. The van der Waals surface area contributed by atoms with Gasteiger partial charge in [-0.3, -0.25) is 4.79 Å². The van der Waals surface area contributed by atoms with E-state index in [9.17, 15) is 4.79 Å². The number of para-hydroxylation sites is 1. The van der Waals surface area contributed by atoms with Gasteiger partial charge in [-0.2, -0.15) is 0 Å². The molecule has 0 radical (unpaired) electrons. The van der Waals surface area contributed by atoms with Gasteiger partial charge in [-0.05, 0) is 37.3 Å². The average molecular weight is 387 g/mol. The zero-order valence-electron chi connectivity index (χ0n) is 15.2. The van der Waals surface area contributed by atoms with E-state index >= 15 is 0 Å². The molecule has 0 aliphatic carbocycles. The van der Waals surface area contributed by atoms with Gasteiger partial charge in [0.05, 0.1) is 19.9 Å². The SMILES string of the molecule is COc1cccc(CNC(=O)c2nc(C)n(-c3ccc(Cl)cc3)n2)c1OC. The first-order valence-corrected chi connectivity index (χ1v) is 8.59. The van der Waals surface area contributed by atoms with E-state index in [1.165, 1.54) is 0 Å². The van der Waals surface area contributed by atoms with Crippen molar-refractivity contribution < 1.29 is 14.3 Å². The topological polar surface area (TPSA) is 78.3 Å². The molecule has 0 saturated carbocycles. The Balaban J connectivity index is 1.76. The zero-order valence-corrected chi connectivity index (χ0v) is 15.9. The molecule has 7 nitrogen and oxygen atoms in total. The lowest BCUT2D eigenvalue weighted by Gasteiger charge is -2.12. The third kappa shape index (κ3) is 4.03. The second kappa shape index (κ2) is 8.09. The Kier molecular flexibility index (Phi) is 5.61. The standard InChI is InChI=1S/C19H19ClN4O3/c1-12-22-18(23-24(12)15-9-7-14(20)8-10-15)19(25)21-11-13-5-4-6-16(26-2)17(13)27-3/h4-10H,11H2,1-3H3,(H,21,25). The van der Waals surface area contributed by atoms with E-state index in [1.807, 2.05) is 24.3 Å². The maximum atomic E-state index is 12.5. The quantitative estimate of drug-likeness (QED) is 0.704. The van der Waals surface area contributed by atoms with Crippen LogP contribution in [0, 0.1) is 6.92 Å². The highest BCUT2D eigenvalue weighted by Crippen LogP contribution is 2.30. The zero-order chi connectivity index (χ0) is 19.4. The van der Waals surface area contributed by atoms with Crippen molar-refractivity contribution in [3.63, 3.8) is 0 Å². The summed E-state index contributed by atoms with van der Waals surface area (Å²) in [5.41, 5.74) is 1.57.